The number of esters is 1. The predicted octanol–water partition coefficient (Wildman–Crippen LogP) is 5.32. The number of hydrogen-bond donors (Lipinski definition) is 1. The van der Waals surface area contributed by atoms with Crippen LogP contribution in [-0.4, -0.2) is 37.3 Å². The average molecular weight is 489 g/mol. The van der Waals surface area contributed by atoms with Crippen molar-refractivity contribution in [2.75, 3.05) is 11.9 Å². The maximum atomic E-state index is 13.2. The van der Waals surface area contributed by atoms with Crippen molar-refractivity contribution in [3.05, 3.63) is 77.5 Å². The summed E-state index contributed by atoms with van der Waals surface area (Å²) in [5.41, 5.74) is 0.349. The topological polar surface area (TPSA) is 94.8 Å². The Kier molecular flexibility index (Phi) is 6.46. The van der Waals surface area contributed by atoms with Gasteiger partial charge in [-0.25, -0.2) is 14.5 Å². The lowest BCUT2D eigenvalue weighted by Gasteiger charge is -2.12. The summed E-state index contributed by atoms with van der Waals surface area (Å²) in [4.78, 5) is 24.8. The van der Waals surface area contributed by atoms with E-state index in [1.165, 1.54) is 24.7 Å². The van der Waals surface area contributed by atoms with Gasteiger partial charge >= 0.3 is 12.1 Å². The molecule has 34 heavy (non-hydrogen) atoms. The minimum absolute atomic E-state index is 0.0397. The number of nitrogens with zero attached hydrogens (tertiary/aromatic N) is 5. The standard InChI is InChI=1S/C22H16ClF3N6O2/c1-2-34-20(33)14-8-13(10-27-11-14)17-12-28-21(29-16-5-3-4-15(23)9-16)30-19(17)32-7-6-18(31-32)22(24,25)26/h3-12H,2H2,1H3,(H,28,29,30). The average Bonchev–Trinajstić information content (AvgIpc) is 3.30. The molecule has 0 fully saturated rings. The summed E-state index contributed by atoms with van der Waals surface area (Å²) in [6, 6.07) is 9.10. The molecule has 4 rings (SSSR count). The van der Waals surface area contributed by atoms with Crippen LogP contribution in [0.1, 0.15) is 23.0 Å². The van der Waals surface area contributed by atoms with Gasteiger partial charge in [-0.1, -0.05) is 17.7 Å². The SMILES string of the molecule is CCOC(=O)c1cncc(-c2cnc(Nc3cccc(Cl)c3)nc2-n2ccc(C(F)(F)F)n2)c1. The second kappa shape index (κ2) is 9.48. The summed E-state index contributed by atoms with van der Waals surface area (Å²) >= 11 is 6.01. The molecule has 174 valence electrons. The maximum Gasteiger partial charge on any atom is 0.435 e. The number of hydrogen-bond acceptors (Lipinski definition) is 7. The number of pyridine rings is 1. The van der Waals surface area contributed by atoms with Gasteiger partial charge in [-0.3, -0.25) is 4.98 Å². The molecule has 4 aromatic rings. The van der Waals surface area contributed by atoms with Crippen LogP contribution in [0.5, 0.6) is 0 Å². The van der Waals surface area contributed by atoms with E-state index in [2.05, 4.69) is 25.4 Å². The van der Waals surface area contributed by atoms with Crippen LogP contribution in [0.3, 0.4) is 0 Å². The molecule has 0 saturated carbocycles. The van der Waals surface area contributed by atoms with Gasteiger partial charge in [-0.15, -0.1) is 0 Å². The van der Waals surface area contributed by atoms with Crippen molar-refractivity contribution in [2.24, 2.45) is 0 Å². The summed E-state index contributed by atoms with van der Waals surface area (Å²) in [5.74, 6) is -0.450. The van der Waals surface area contributed by atoms with Crippen molar-refractivity contribution in [1.29, 1.82) is 0 Å². The van der Waals surface area contributed by atoms with Crippen LogP contribution in [0.25, 0.3) is 16.9 Å². The van der Waals surface area contributed by atoms with Crippen molar-refractivity contribution in [1.82, 2.24) is 24.7 Å². The first-order chi connectivity index (χ1) is 16.2. The molecule has 3 heterocycles. The molecule has 3 aromatic heterocycles. The Hall–Kier alpha value is -3.99. The van der Waals surface area contributed by atoms with Crippen molar-refractivity contribution in [3.63, 3.8) is 0 Å². The van der Waals surface area contributed by atoms with Crippen molar-refractivity contribution >= 4 is 29.2 Å². The smallest absolute Gasteiger partial charge is 0.435 e. The third-order valence-electron chi connectivity index (χ3n) is 4.51. The highest BCUT2D eigenvalue weighted by Crippen LogP contribution is 2.31. The Morgan fingerprint density at radius 2 is 2.00 bits per heavy atom. The van der Waals surface area contributed by atoms with Gasteiger partial charge in [0.25, 0.3) is 0 Å². The minimum Gasteiger partial charge on any atom is -0.462 e. The zero-order valence-electron chi connectivity index (χ0n) is 17.5. The van der Waals surface area contributed by atoms with E-state index < -0.39 is 17.8 Å². The van der Waals surface area contributed by atoms with Gasteiger partial charge in [-0.05, 0) is 37.3 Å². The third-order valence-corrected chi connectivity index (χ3v) is 4.74. The lowest BCUT2D eigenvalue weighted by Crippen LogP contribution is -2.10. The van der Waals surface area contributed by atoms with Crippen LogP contribution in [0.15, 0.2) is 61.2 Å². The van der Waals surface area contributed by atoms with E-state index in [4.69, 9.17) is 16.3 Å². The Morgan fingerprint density at radius 3 is 2.71 bits per heavy atom. The fourth-order valence-corrected chi connectivity index (χ4v) is 3.20. The third kappa shape index (κ3) is 5.15. The maximum absolute atomic E-state index is 13.2. The van der Waals surface area contributed by atoms with Crippen LogP contribution in [-0.2, 0) is 10.9 Å². The molecule has 0 aliphatic carbocycles. The van der Waals surface area contributed by atoms with Gasteiger partial charge in [0.15, 0.2) is 11.5 Å². The van der Waals surface area contributed by atoms with E-state index in [0.717, 1.165) is 16.9 Å². The van der Waals surface area contributed by atoms with Crippen molar-refractivity contribution in [3.8, 4) is 16.9 Å². The molecule has 0 aliphatic heterocycles. The summed E-state index contributed by atoms with van der Waals surface area (Å²) < 4.78 is 45.5. The van der Waals surface area contributed by atoms with Gasteiger partial charge in [0.1, 0.15) is 0 Å². The van der Waals surface area contributed by atoms with Crippen LogP contribution >= 0.6 is 11.6 Å². The van der Waals surface area contributed by atoms with Gasteiger partial charge in [0, 0.05) is 46.6 Å². The second-order valence-electron chi connectivity index (χ2n) is 6.89. The number of halogens is 4. The lowest BCUT2D eigenvalue weighted by molar-refractivity contribution is -0.141. The quantitative estimate of drug-likeness (QED) is 0.367. The van der Waals surface area contributed by atoms with E-state index in [-0.39, 0.29) is 23.9 Å². The number of carbonyl (C=O) groups excluding carboxylic acids is 1. The normalized spacial score (nSPS) is 11.3. The Morgan fingerprint density at radius 1 is 1.18 bits per heavy atom. The minimum atomic E-state index is -4.63. The molecule has 0 radical (unpaired) electrons. The number of aromatic nitrogens is 5. The summed E-state index contributed by atoms with van der Waals surface area (Å²) in [6.07, 6.45) is 0.665. The first-order valence-electron chi connectivity index (χ1n) is 9.90. The zero-order chi connectivity index (χ0) is 24.3. The molecule has 0 atom stereocenters. The molecule has 1 N–H and O–H groups in total. The molecular formula is C22H16ClF3N6O2. The Bertz CT molecular complexity index is 1340. The monoisotopic (exact) mass is 488 g/mol. The number of ether oxygens (including phenoxy) is 1. The Balaban J connectivity index is 1.80. The summed E-state index contributed by atoms with van der Waals surface area (Å²) in [6.45, 7) is 1.84. The van der Waals surface area contributed by atoms with Gasteiger partial charge in [0.2, 0.25) is 5.95 Å². The molecule has 1 aromatic carbocycles. The van der Waals surface area contributed by atoms with E-state index >= 15 is 0 Å². The number of rotatable bonds is 6. The highest BCUT2D eigenvalue weighted by molar-refractivity contribution is 6.30. The molecule has 0 amide bonds. The number of carbonyl (C=O) groups is 1. The summed E-state index contributed by atoms with van der Waals surface area (Å²) in [5, 5.41) is 7.06. The van der Waals surface area contributed by atoms with Crippen LogP contribution in [0.4, 0.5) is 24.8 Å². The van der Waals surface area contributed by atoms with Crippen LogP contribution in [0, 0.1) is 0 Å². The van der Waals surface area contributed by atoms with Crippen molar-refractivity contribution in [2.45, 2.75) is 13.1 Å². The largest absolute Gasteiger partial charge is 0.462 e. The number of alkyl halides is 3. The zero-order valence-corrected chi connectivity index (χ0v) is 18.3. The van der Waals surface area contributed by atoms with Gasteiger partial charge < -0.3 is 10.1 Å². The molecule has 0 aliphatic rings. The van der Waals surface area contributed by atoms with Crippen molar-refractivity contribution < 1.29 is 22.7 Å². The molecule has 8 nitrogen and oxygen atoms in total. The molecule has 0 spiro atoms. The van der Waals surface area contributed by atoms with Gasteiger partial charge in [0.05, 0.1) is 12.2 Å². The lowest BCUT2D eigenvalue weighted by atomic mass is 10.1. The van der Waals surface area contributed by atoms with Crippen LogP contribution < -0.4 is 5.32 Å². The number of benzene rings is 1. The number of anilines is 2. The Labute approximate surface area is 196 Å². The molecule has 12 heteroatoms. The molecule has 0 unspecified atom stereocenters. The van der Waals surface area contributed by atoms with E-state index in [0.29, 0.717) is 21.8 Å². The number of nitrogens with one attached hydrogen (secondary N) is 1. The molecule has 0 bridgehead atoms. The van der Waals surface area contributed by atoms with E-state index in [1.807, 2.05) is 0 Å². The highest BCUT2D eigenvalue weighted by Gasteiger charge is 2.34. The molecular weight excluding hydrogens is 473 g/mol. The highest BCUT2D eigenvalue weighted by atomic mass is 35.5. The second-order valence-corrected chi connectivity index (χ2v) is 7.33. The molecule has 0 saturated heterocycles. The first kappa shape index (κ1) is 23.2. The van der Waals surface area contributed by atoms with E-state index in [1.54, 1.807) is 31.2 Å². The first-order valence-corrected chi connectivity index (χ1v) is 10.3. The van der Waals surface area contributed by atoms with E-state index in [9.17, 15) is 18.0 Å². The summed E-state index contributed by atoms with van der Waals surface area (Å²) in [7, 11) is 0. The van der Waals surface area contributed by atoms with Gasteiger partial charge in [-0.2, -0.15) is 23.3 Å². The fraction of sp³-hybridized carbons (Fsp3) is 0.136. The fourth-order valence-electron chi connectivity index (χ4n) is 3.01. The predicted molar refractivity (Wildman–Crippen MR) is 118 cm³/mol. The van der Waals surface area contributed by atoms with Crippen LogP contribution in [0.2, 0.25) is 5.02 Å².